The molecule has 1 aromatic carbocycles. The minimum atomic E-state index is -3.75. The van der Waals surface area contributed by atoms with Crippen molar-refractivity contribution in [2.45, 2.75) is 63.8 Å². The minimum Gasteiger partial charge on any atom is -0.383 e. The zero-order valence-electron chi connectivity index (χ0n) is 18.6. The molecule has 1 N–H and O–H groups in total. The number of hydrogen-bond acceptors (Lipinski definition) is 5. The van der Waals surface area contributed by atoms with Crippen molar-refractivity contribution >= 4 is 27.2 Å². The van der Waals surface area contributed by atoms with Gasteiger partial charge in [-0.15, -0.1) is 0 Å². The normalized spacial score (nSPS) is 11.9. The van der Waals surface area contributed by atoms with E-state index in [0.29, 0.717) is 30.4 Å². The quantitative estimate of drug-likeness (QED) is 0.535. The van der Waals surface area contributed by atoms with Crippen LogP contribution in [0, 0.1) is 5.82 Å². The zero-order chi connectivity index (χ0) is 23.2. The Bertz CT molecular complexity index is 973. The summed E-state index contributed by atoms with van der Waals surface area (Å²) in [4.78, 5) is 6.23. The van der Waals surface area contributed by atoms with Gasteiger partial charge < -0.3 is 19.5 Å². The molecule has 31 heavy (non-hydrogen) atoms. The first kappa shape index (κ1) is 25.2. The van der Waals surface area contributed by atoms with Crippen LogP contribution in [0.2, 0.25) is 0 Å². The van der Waals surface area contributed by atoms with Crippen molar-refractivity contribution in [2.75, 3.05) is 13.7 Å². The summed E-state index contributed by atoms with van der Waals surface area (Å²) in [6.45, 7) is 9.13. The second-order valence-corrected chi connectivity index (χ2v) is 10.2. The van der Waals surface area contributed by atoms with E-state index in [2.05, 4.69) is 10.3 Å². The predicted octanol–water partition coefficient (Wildman–Crippen LogP) is 3.14. The monoisotopic (exact) mass is 470 g/mol. The van der Waals surface area contributed by atoms with Crippen LogP contribution < -0.4 is 5.32 Å². The van der Waals surface area contributed by atoms with Crippen molar-refractivity contribution < 1.29 is 17.5 Å². The molecule has 1 heterocycles. The maximum atomic E-state index is 13.2. The summed E-state index contributed by atoms with van der Waals surface area (Å²) >= 11 is 5.55. The molecule has 0 fully saturated rings. The molecule has 2 rings (SSSR count). The molecule has 0 radical (unpaired) electrons. The Morgan fingerprint density at radius 1 is 1.26 bits per heavy atom. The van der Waals surface area contributed by atoms with E-state index in [4.69, 9.17) is 17.0 Å². The summed E-state index contributed by atoms with van der Waals surface area (Å²) < 4.78 is 46.3. The molecular weight excluding hydrogens is 439 g/mol. The molecule has 0 aliphatic carbocycles. The first-order valence-electron chi connectivity index (χ1n) is 10.1. The molecule has 1 aromatic heterocycles. The van der Waals surface area contributed by atoms with Gasteiger partial charge in [-0.1, -0.05) is 12.1 Å². The fourth-order valence-electron chi connectivity index (χ4n) is 3.05. The molecule has 7 nitrogen and oxygen atoms in total. The van der Waals surface area contributed by atoms with Crippen LogP contribution in [0.5, 0.6) is 0 Å². The first-order valence-corrected chi connectivity index (χ1v) is 12.2. The molecule has 2 aromatic rings. The second-order valence-electron chi connectivity index (χ2n) is 7.89. The molecule has 0 atom stereocenters. The highest BCUT2D eigenvalue weighted by atomic mass is 32.2. The first-order chi connectivity index (χ1) is 14.5. The van der Waals surface area contributed by atoms with Gasteiger partial charge in [-0.3, -0.25) is 0 Å². The summed E-state index contributed by atoms with van der Waals surface area (Å²) in [5, 5.41) is 3.80. The van der Waals surface area contributed by atoms with E-state index in [9.17, 15) is 12.8 Å². The van der Waals surface area contributed by atoms with Gasteiger partial charge in [-0.05, 0) is 57.6 Å². The van der Waals surface area contributed by atoms with Crippen molar-refractivity contribution in [3.8, 4) is 0 Å². The standard InChI is InChI=1S/C21H31FN4O3S2/c1-15(2)24-20(30)26(16(3)4)13-19-12-23-21(25(19)10-11-29-5)31(27,28)14-17-6-8-18(22)9-7-17/h6-9,12,15-16H,10-11,13-14H2,1-5H3,(H,24,30). The fraction of sp³-hybridized carbons (Fsp3) is 0.524. The van der Waals surface area contributed by atoms with Crippen LogP contribution in [0.3, 0.4) is 0 Å². The number of aromatic nitrogens is 2. The lowest BCUT2D eigenvalue weighted by molar-refractivity contribution is 0.182. The predicted molar refractivity (Wildman–Crippen MR) is 123 cm³/mol. The third-order valence-electron chi connectivity index (χ3n) is 4.60. The highest BCUT2D eigenvalue weighted by Gasteiger charge is 2.26. The van der Waals surface area contributed by atoms with Crippen molar-refractivity contribution in [1.82, 2.24) is 19.8 Å². The molecule has 0 spiro atoms. The number of hydrogen-bond donors (Lipinski definition) is 1. The lowest BCUT2D eigenvalue weighted by Crippen LogP contribution is -2.46. The van der Waals surface area contributed by atoms with Crippen LogP contribution in [0.4, 0.5) is 4.39 Å². The lowest BCUT2D eigenvalue weighted by Gasteiger charge is -2.31. The third kappa shape index (κ3) is 6.98. The summed E-state index contributed by atoms with van der Waals surface area (Å²) in [6.07, 6.45) is 1.57. The topological polar surface area (TPSA) is 76.5 Å². The van der Waals surface area contributed by atoms with Gasteiger partial charge in [0.1, 0.15) is 5.82 Å². The van der Waals surface area contributed by atoms with Gasteiger partial charge in [0.05, 0.1) is 30.8 Å². The van der Waals surface area contributed by atoms with Gasteiger partial charge in [-0.25, -0.2) is 17.8 Å². The van der Waals surface area contributed by atoms with Gasteiger partial charge >= 0.3 is 0 Å². The number of imidazole rings is 1. The van der Waals surface area contributed by atoms with E-state index >= 15 is 0 Å². The highest BCUT2D eigenvalue weighted by Crippen LogP contribution is 2.20. The molecule has 0 unspecified atom stereocenters. The smallest absolute Gasteiger partial charge is 0.228 e. The Kier molecular flexibility index (Phi) is 8.96. The minimum absolute atomic E-state index is 0.0321. The number of rotatable bonds is 10. The van der Waals surface area contributed by atoms with Crippen LogP contribution in [0.1, 0.15) is 39.0 Å². The summed E-state index contributed by atoms with van der Waals surface area (Å²) in [5.41, 5.74) is 1.21. The van der Waals surface area contributed by atoms with E-state index < -0.39 is 15.7 Å². The van der Waals surface area contributed by atoms with Crippen molar-refractivity contribution in [3.63, 3.8) is 0 Å². The Hall–Kier alpha value is -2.04. The van der Waals surface area contributed by atoms with Crippen LogP contribution in [-0.2, 0) is 33.4 Å². The molecule has 0 bridgehead atoms. The van der Waals surface area contributed by atoms with E-state index in [-0.39, 0.29) is 23.0 Å². The summed E-state index contributed by atoms with van der Waals surface area (Å²) in [5.74, 6) is -0.678. The van der Waals surface area contributed by atoms with Crippen LogP contribution >= 0.6 is 12.2 Å². The number of nitrogens with one attached hydrogen (secondary N) is 1. The Balaban J connectivity index is 2.37. The van der Waals surface area contributed by atoms with E-state index in [1.807, 2.05) is 32.6 Å². The summed E-state index contributed by atoms with van der Waals surface area (Å²) in [7, 11) is -2.19. The Morgan fingerprint density at radius 2 is 1.90 bits per heavy atom. The van der Waals surface area contributed by atoms with Gasteiger partial charge in [0.15, 0.2) is 5.11 Å². The molecule has 10 heteroatoms. The Labute approximate surface area is 189 Å². The second kappa shape index (κ2) is 11.0. The largest absolute Gasteiger partial charge is 0.383 e. The number of methoxy groups -OCH3 is 1. The van der Waals surface area contributed by atoms with Gasteiger partial charge in [0.25, 0.3) is 0 Å². The molecule has 0 aliphatic rings. The molecule has 172 valence electrons. The molecule has 0 amide bonds. The maximum Gasteiger partial charge on any atom is 0.228 e. The van der Waals surface area contributed by atoms with Crippen molar-refractivity contribution in [2.24, 2.45) is 0 Å². The fourth-order valence-corrected chi connectivity index (χ4v) is 5.08. The van der Waals surface area contributed by atoms with Crippen molar-refractivity contribution in [1.29, 1.82) is 0 Å². The van der Waals surface area contributed by atoms with Crippen molar-refractivity contribution in [3.05, 3.63) is 47.5 Å². The van der Waals surface area contributed by atoms with Crippen LogP contribution in [0.15, 0.2) is 35.6 Å². The number of benzene rings is 1. The van der Waals surface area contributed by atoms with E-state index in [0.717, 1.165) is 5.69 Å². The lowest BCUT2D eigenvalue weighted by atomic mass is 10.2. The van der Waals surface area contributed by atoms with E-state index in [1.165, 1.54) is 24.3 Å². The van der Waals surface area contributed by atoms with Crippen LogP contribution in [0.25, 0.3) is 0 Å². The van der Waals surface area contributed by atoms with Gasteiger partial charge in [-0.2, -0.15) is 0 Å². The number of thiocarbonyl (C=S) groups is 1. The highest BCUT2D eigenvalue weighted by molar-refractivity contribution is 7.90. The zero-order valence-corrected chi connectivity index (χ0v) is 20.3. The molecule has 0 saturated carbocycles. The summed E-state index contributed by atoms with van der Waals surface area (Å²) in [6, 6.07) is 5.70. The van der Waals surface area contributed by atoms with Gasteiger partial charge in [0.2, 0.25) is 15.0 Å². The maximum absolute atomic E-state index is 13.2. The number of halogens is 1. The average Bonchev–Trinajstić information content (AvgIpc) is 3.08. The number of nitrogens with zero attached hydrogens (tertiary/aromatic N) is 3. The molecule has 0 aliphatic heterocycles. The van der Waals surface area contributed by atoms with E-state index in [1.54, 1.807) is 17.9 Å². The van der Waals surface area contributed by atoms with Crippen LogP contribution in [-0.4, -0.2) is 53.8 Å². The molecule has 0 saturated heterocycles. The Morgan fingerprint density at radius 3 is 2.45 bits per heavy atom. The number of sulfone groups is 1. The SMILES string of the molecule is COCCn1c(CN(C(=S)NC(C)C)C(C)C)cnc1S(=O)(=O)Cc1ccc(F)cc1. The third-order valence-corrected chi connectivity index (χ3v) is 6.55. The average molecular weight is 471 g/mol. The molecular formula is C21H31FN4O3S2. The van der Waals surface area contributed by atoms with Gasteiger partial charge in [0, 0.05) is 25.7 Å². The number of ether oxygens (including phenoxy) is 1.